The van der Waals surface area contributed by atoms with Crippen molar-refractivity contribution >= 4 is 0 Å². The normalized spacial score (nSPS) is 15.9. The fourth-order valence-corrected chi connectivity index (χ4v) is 2.22. The molecule has 0 nitrogen and oxygen atoms in total. The van der Waals surface area contributed by atoms with Gasteiger partial charge < -0.3 is 0 Å². The molecule has 1 atom stereocenters. The Kier molecular flexibility index (Phi) is 4.48. The summed E-state index contributed by atoms with van der Waals surface area (Å²) >= 11 is 0. The van der Waals surface area contributed by atoms with Gasteiger partial charge in [0.25, 0.3) is 0 Å². The molecule has 0 bridgehead atoms. The minimum Gasteiger partial charge on any atom is -0.0654 e. The molecule has 0 aliphatic carbocycles. The van der Waals surface area contributed by atoms with Crippen LogP contribution in [0.4, 0.5) is 0 Å². The van der Waals surface area contributed by atoms with E-state index in [1.165, 1.54) is 19.3 Å². The summed E-state index contributed by atoms with van der Waals surface area (Å²) in [7, 11) is 0. The summed E-state index contributed by atoms with van der Waals surface area (Å²) in [6.07, 6.45) is 3.93. The van der Waals surface area contributed by atoms with Gasteiger partial charge in [0.2, 0.25) is 0 Å². The summed E-state index contributed by atoms with van der Waals surface area (Å²) in [5.74, 6) is 0.796. The Bertz CT molecular complexity index is 142. The molecular formula is C13H28. The van der Waals surface area contributed by atoms with Gasteiger partial charge in [-0.25, -0.2) is 0 Å². The van der Waals surface area contributed by atoms with Gasteiger partial charge in [-0.3, -0.25) is 0 Å². The lowest BCUT2D eigenvalue weighted by atomic mass is 9.63. The summed E-state index contributed by atoms with van der Waals surface area (Å²) in [6, 6.07) is 0. The van der Waals surface area contributed by atoms with Crippen molar-refractivity contribution in [2.24, 2.45) is 16.7 Å². The third kappa shape index (κ3) is 3.32. The van der Waals surface area contributed by atoms with Crippen molar-refractivity contribution in [2.75, 3.05) is 0 Å². The maximum absolute atomic E-state index is 2.42. The van der Waals surface area contributed by atoms with Gasteiger partial charge in [0.15, 0.2) is 0 Å². The lowest BCUT2D eigenvalue weighted by Gasteiger charge is -2.42. The molecule has 0 heterocycles. The van der Waals surface area contributed by atoms with Gasteiger partial charge in [0.05, 0.1) is 0 Å². The van der Waals surface area contributed by atoms with Crippen LogP contribution in [0.5, 0.6) is 0 Å². The zero-order valence-corrected chi connectivity index (χ0v) is 10.7. The minimum atomic E-state index is 0.485. The Morgan fingerprint density at radius 1 is 0.923 bits per heavy atom. The Hall–Kier alpha value is 0. The molecule has 0 aliphatic heterocycles. The van der Waals surface area contributed by atoms with Crippen LogP contribution in [0, 0.1) is 16.7 Å². The van der Waals surface area contributed by atoms with E-state index in [1.54, 1.807) is 0 Å². The highest BCUT2D eigenvalue weighted by molar-refractivity contribution is 4.85. The molecule has 0 spiro atoms. The molecular weight excluding hydrogens is 156 g/mol. The first-order valence-electron chi connectivity index (χ1n) is 5.78. The molecule has 0 aromatic rings. The Morgan fingerprint density at radius 3 is 1.69 bits per heavy atom. The predicted molar refractivity (Wildman–Crippen MR) is 61.9 cm³/mol. The van der Waals surface area contributed by atoms with Crippen molar-refractivity contribution in [3.8, 4) is 0 Å². The Balaban J connectivity index is 4.47. The smallest absolute Gasteiger partial charge is 0.0324 e. The fraction of sp³-hybridized carbons (Fsp3) is 1.00. The average molecular weight is 184 g/mol. The maximum atomic E-state index is 2.42. The second-order valence-electron chi connectivity index (χ2n) is 5.80. The van der Waals surface area contributed by atoms with Crippen LogP contribution in [0.25, 0.3) is 0 Å². The molecule has 0 amide bonds. The second-order valence-corrected chi connectivity index (χ2v) is 5.80. The van der Waals surface area contributed by atoms with Crippen LogP contribution in [0.15, 0.2) is 0 Å². The van der Waals surface area contributed by atoms with Crippen molar-refractivity contribution in [3.63, 3.8) is 0 Å². The first kappa shape index (κ1) is 13.0. The predicted octanol–water partition coefficient (Wildman–Crippen LogP) is 4.89. The summed E-state index contributed by atoms with van der Waals surface area (Å²) in [6.45, 7) is 16.6. The zero-order valence-electron chi connectivity index (χ0n) is 10.7. The molecule has 0 aliphatic rings. The molecule has 80 valence electrons. The standard InChI is InChI=1S/C13H28/c1-8-10-13(6,7)11(3)12(4,5)9-2/h11H,8-10H2,1-7H3. The first-order chi connectivity index (χ1) is 5.78. The Morgan fingerprint density at radius 2 is 1.38 bits per heavy atom. The van der Waals surface area contributed by atoms with Crippen LogP contribution in [-0.2, 0) is 0 Å². The van der Waals surface area contributed by atoms with E-state index < -0.39 is 0 Å². The molecule has 1 unspecified atom stereocenters. The van der Waals surface area contributed by atoms with Crippen LogP contribution >= 0.6 is 0 Å². The van der Waals surface area contributed by atoms with E-state index in [4.69, 9.17) is 0 Å². The molecule has 0 heteroatoms. The summed E-state index contributed by atoms with van der Waals surface area (Å²) in [4.78, 5) is 0. The zero-order chi connectivity index (χ0) is 10.7. The van der Waals surface area contributed by atoms with Gasteiger partial charge in [-0.2, -0.15) is 0 Å². The van der Waals surface area contributed by atoms with E-state index in [0.29, 0.717) is 10.8 Å². The number of rotatable bonds is 5. The van der Waals surface area contributed by atoms with Crippen molar-refractivity contribution < 1.29 is 0 Å². The molecule has 0 rings (SSSR count). The fourth-order valence-electron chi connectivity index (χ4n) is 2.22. The van der Waals surface area contributed by atoms with E-state index in [2.05, 4.69) is 48.5 Å². The number of hydrogen-bond acceptors (Lipinski definition) is 0. The highest BCUT2D eigenvalue weighted by Gasteiger charge is 2.35. The van der Waals surface area contributed by atoms with Gasteiger partial charge >= 0.3 is 0 Å². The molecule has 0 saturated heterocycles. The lowest BCUT2D eigenvalue weighted by Crippen LogP contribution is -2.33. The van der Waals surface area contributed by atoms with Gasteiger partial charge in [0.1, 0.15) is 0 Å². The van der Waals surface area contributed by atoms with E-state index in [1.807, 2.05) is 0 Å². The van der Waals surface area contributed by atoms with Crippen LogP contribution in [0.1, 0.15) is 67.7 Å². The molecule has 0 N–H and O–H groups in total. The van der Waals surface area contributed by atoms with E-state index in [-0.39, 0.29) is 0 Å². The first-order valence-corrected chi connectivity index (χ1v) is 5.78. The van der Waals surface area contributed by atoms with E-state index >= 15 is 0 Å². The van der Waals surface area contributed by atoms with Gasteiger partial charge in [-0.15, -0.1) is 0 Å². The molecule has 0 saturated carbocycles. The monoisotopic (exact) mass is 184 g/mol. The summed E-state index contributed by atoms with van der Waals surface area (Å²) in [5.41, 5.74) is 0.979. The largest absolute Gasteiger partial charge is 0.0654 e. The van der Waals surface area contributed by atoms with Crippen LogP contribution in [0.3, 0.4) is 0 Å². The number of hydrogen-bond donors (Lipinski definition) is 0. The van der Waals surface area contributed by atoms with Crippen LogP contribution in [-0.4, -0.2) is 0 Å². The minimum absolute atomic E-state index is 0.485. The average Bonchev–Trinajstić information content (AvgIpc) is 2.03. The summed E-state index contributed by atoms with van der Waals surface area (Å²) in [5, 5.41) is 0. The van der Waals surface area contributed by atoms with Gasteiger partial charge in [-0.1, -0.05) is 61.3 Å². The Labute approximate surface area is 85.1 Å². The lowest BCUT2D eigenvalue weighted by molar-refractivity contribution is 0.0764. The van der Waals surface area contributed by atoms with Gasteiger partial charge in [-0.05, 0) is 23.2 Å². The third-order valence-corrected chi connectivity index (χ3v) is 4.15. The highest BCUT2D eigenvalue weighted by Crippen LogP contribution is 2.44. The highest BCUT2D eigenvalue weighted by atomic mass is 14.4. The molecule has 0 aromatic carbocycles. The SMILES string of the molecule is CCCC(C)(C)C(C)C(C)(C)CC. The van der Waals surface area contributed by atoms with Crippen molar-refractivity contribution in [1.29, 1.82) is 0 Å². The maximum Gasteiger partial charge on any atom is -0.0324 e. The molecule has 0 aromatic heterocycles. The molecule has 13 heavy (non-hydrogen) atoms. The summed E-state index contributed by atoms with van der Waals surface area (Å²) < 4.78 is 0. The topological polar surface area (TPSA) is 0 Å². The third-order valence-electron chi connectivity index (χ3n) is 4.15. The van der Waals surface area contributed by atoms with E-state index in [0.717, 1.165) is 5.92 Å². The van der Waals surface area contributed by atoms with Gasteiger partial charge in [0, 0.05) is 0 Å². The van der Waals surface area contributed by atoms with Crippen molar-refractivity contribution in [2.45, 2.75) is 67.7 Å². The van der Waals surface area contributed by atoms with E-state index in [9.17, 15) is 0 Å². The second kappa shape index (κ2) is 4.48. The van der Waals surface area contributed by atoms with Crippen LogP contribution < -0.4 is 0 Å². The van der Waals surface area contributed by atoms with Crippen LogP contribution in [0.2, 0.25) is 0 Å². The van der Waals surface area contributed by atoms with Crippen molar-refractivity contribution in [1.82, 2.24) is 0 Å². The molecule has 0 fully saturated rings. The quantitative estimate of drug-likeness (QED) is 0.571. The molecule has 0 radical (unpaired) electrons. The van der Waals surface area contributed by atoms with Crippen molar-refractivity contribution in [3.05, 3.63) is 0 Å².